The van der Waals surface area contributed by atoms with E-state index in [1.54, 1.807) is 24.3 Å². The Balaban J connectivity index is 1.81. The summed E-state index contributed by atoms with van der Waals surface area (Å²) in [5.74, 6) is 2.04. The fraction of sp³-hybridized carbons (Fsp3) is 0.200. The summed E-state index contributed by atoms with van der Waals surface area (Å²) in [5, 5.41) is 3.78. The van der Waals surface area contributed by atoms with Crippen LogP contribution in [0.25, 0.3) is 0 Å². The minimum absolute atomic E-state index is 0.158. The largest absolute Gasteiger partial charge is 0.493 e. The molecule has 1 N–H and O–H groups in total. The van der Waals surface area contributed by atoms with Gasteiger partial charge in [0.25, 0.3) is 5.91 Å². The van der Waals surface area contributed by atoms with Gasteiger partial charge in [-0.2, -0.15) is 5.10 Å². The molecule has 0 saturated carbocycles. The Kier molecular flexibility index (Phi) is 4.98. The highest BCUT2D eigenvalue weighted by atomic mass is 16.5. The molecule has 1 amide bonds. The summed E-state index contributed by atoms with van der Waals surface area (Å²) in [6, 6.07) is 10.7. The maximum atomic E-state index is 11.6. The number of hydrogen-bond acceptors (Lipinski definition) is 5. The Morgan fingerprint density at radius 1 is 1.29 bits per heavy atom. The van der Waals surface area contributed by atoms with E-state index in [1.165, 1.54) is 13.3 Å². The first-order valence-corrected chi connectivity index (χ1v) is 6.33. The van der Waals surface area contributed by atoms with Gasteiger partial charge in [0.2, 0.25) is 0 Å². The number of methoxy groups -OCH3 is 1. The molecule has 0 spiro atoms. The summed E-state index contributed by atoms with van der Waals surface area (Å²) in [6.07, 6.45) is 1.42. The smallest absolute Gasteiger partial charge is 0.277 e. The minimum Gasteiger partial charge on any atom is -0.493 e. The molecule has 0 fully saturated rings. The van der Waals surface area contributed by atoms with Crippen molar-refractivity contribution in [2.24, 2.45) is 5.10 Å². The normalized spacial score (nSPS) is 10.6. The van der Waals surface area contributed by atoms with Crippen molar-refractivity contribution in [1.82, 2.24) is 5.43 Å². The SMILES string of the molecule is COc1ccccc1OCC(=O)N/N=C\c1ccc(C)o1. The minimum atomic E-state index is -0.375. The van der Waals surface area contributed by atoms with Crippen LogP contribution >= 0.6 is 0 Å². The van der Waals surface area contributed by atoms with E-state index in [0.29, 0.717) is 17.3 Å². The third-order valence-corrected chi connectivity index (χ3v) is 2.57. The summed E-state index contributed by atoms with van der Waals surface area (Å²) in [4.78, 5) is 11.6. The van der Waals surface area contributed by atoms with Gasteiger partial charge in [-0.25, -0.2) is 5.43 Å². The molecule has 1 aromatic carbocycles. The van der Waals surface area contributed by atoms with Gasteiger partial charge in [-0.3, -0.25) is 4.79 Å². The molecule has 0 bridgehead atoms. The number of hydrogen-bond donors (Lipinski definition) is 1. The number of para-hydroxylation sites is 2. The van der Waals surface area contributed by atoms with Crippen LogP contribution in [-0.4, -0.2) is 25.8 Å². The van der Waals surface area contributed by atoms with Crippen LogP contribution in [0.15, 0.2) is 45.9 Å². The average Bonchev–Trinajstić information content (AvgIpc) is 2.91. The lowest BCUT2D eigenvalue weighted by atomic mass is 10.3. The molecular weight excluding hydrogens is 272 g/mol. The van der Waals surface area contributed by atoms with Crippen molar-refractivity contribution in [2.45, 2.75) is 6.92 Å². The van der Waals surface area contributed by atoms with Gasteiger partial charge in [-0.05, 0) is 31.2 Å². The quantitative estimate of drug-likeness (QED) is 0.653. The Morgan fingerprint density at radius 3 is 2.71 bits per heavy atom. The second kappa shape index (κ2) is 7.14. The first-order chi connectivity index (χ1) is 10.2. The van der Waals surface area contributed by atoms with Crippen molar-refractivity contribution < 1.29 is 18.7 Å². The molecule has 6 nitrogen and oxygen atoms in total. The zero-order chi connectivity index (χ0) is 15.1. The van der Waals surface area contributed by atoms with Gasteiger partial charge in [0.15, 0.2) is 18.1 Å². The monoisotopic (exact) mass is 288 g/mol. The van der Waals surface area contributed by atoms with Crippen LogP contribution in [0.3, 0.4) is 0 Å². The van der Waals surface area contributed by atoms with Gasteiger partial charge >= 0.3 is 0 Å². The van der Waals surface area contributed by atoms with Crippen LogP contribution in [0.4, 0.5) is 0 Å². The zero-order valence-corrected chi connectivity index (χ0v) is 11.8. The van der Waals surface area contributed by atoms with Crippen molar-refractivity contribution in [1.29, 1.82) is 0 Å². The molecule has 21 heavy (non-hydrogen) atoms. The first-order valence-electron chi connectivity index (χ1n) is 6.33. The van der Waals surface area contributed by atoms with Crippen molar-refractivity contribution in [3.8, 4) is 11.5 Å². The lowest BCUT2D eigenvalue weighted by Gasteiger charge is -2.08. The number of amides is 1. The van der Waals surface area contributed by atoms with Gasteiger partial charge in [0.1, 0.15) is 11.5 Å². The summed E-state index contributed by atoms with van der Waals surface area (Å²) < 4.78 is 15.8. The number of hydrazone groups is 1. The number of nitrogens with zero attached hydrogens (tertiary/aromatic N) is 1. The molecule has 0 atom stereocenters. The maximum absolute atomic E-state index is 11.6. The Morgan fingerprint density at radius 2 is 2.05 bits per heavy atom. The molecule has 1 heterocycles. The number of rotatable bonds is 6. The molecule has 6 heteroatoms. The number of nitrogens with one attached hydrogen (secondary N) is 1. The molecule has 0 aliphatic carbocycles. The first kappa shape index (κ1) is 14.6. The summed E-state index contributed by atoms with van der Waals surface area (Å²) in [5.41, 5.74) is 2.35. The fourth-order valence-electron chi connectivity index (χ4n) is 1.60. The summed E-state index contributed by atoms with van der Waals surface area (Å²) in [6.45, 7) is 1.67. The molecule has 1 aromatic heterocycles. The van der Waals surface area contributed by atoms with Crippen molar-refractivity contribution in [3.05, 3.63) is 47.9 Å². The third kappa shape index (κ3) is 4.38. The van der Waals surface area contributed by atoms with Gasteiger partial charge < -0.3 is 13.9 Å². The second-order valence-electron chi connectivity index (χ2n) is 4.18. The molecule has 0 saturated heterocycles. The number of aryl methyl sites for hydroxylation is 1. The number of carbonyl (C=O) groups excluding carboxylic acids is 1. The number of carbonyl (C=O) groups is 1. The highest BCUT2D eigenvalue weighted by molar-refractivity contribution is 5.81. The lowest BCUT2D eigenvalue weighted by molar-refractivity contribution is -0.123. The number of benzene rings is 1. The van der Waals surface area contributed by atoms with Gasteiger partial charge in [0, 0.05) is 0 Å². The van der Waals surface area contributed by atoms with Crippen LogP contribution in [0.5, 0.6) is 11.5 Å². The highest BCUT2D eigenvalue weighted by Gasteiger charge is 2.05. The molecule has 2 aromatic rings. The lowest BCUT2D eigenvalue weighted by Crippen LogP contribution is -2.24. The standard InChI is InChI=1S/C15H16N2O4/c1-11-7-8-12(21-11)9-16-17-15(18)10-20-14-6-4-3-5-13(14)19-2/h3-9H,10H2,1-2H3,(H,17,18)/b16-9-. The van der Waals surface area contributed by atoms with Crippen LogP contribution in [-0.2, 0) is 4.79 Å². The average molecular weight is 288 g/mol. The predicted octanol–water partition coefficient (Wildman–Crippen LogP) is 2.13. The Hall–Kier alpha value is -2.76. The topological polar surface area (TPSA) is 73.1 Å². The van der Waals surface area contributed by atoms with Crippen molar-refractivity contribution >= 4 is 12.1 Å². The molecule has 0 aliphatic rings. The maximum Gasteiger partial charge on any atom is 0.277 e. The third-order valence-electron chi connectivity index (χ3n) is 2.57. The van der Waals surface area contributed by atoms with Crippen molar-refractivity contribution in [2.75, 3.05) is 13.7 Å². The van der Waals surface area contributed by atoms with Crippen LogP contribution in [0, 0.1) is 6.92 Å². The fourth-order valence-corrected chi connectivity index (χ4v) is 1.60. The molecule has 0 unspecified atom stereocenters. The van der Waals surface area contributed by atoms with E-state index in [0.717, 1.165) is 5.76 Å². The van der Waals surface area contributed by atoms with Crippen molar-refractivity contribution in [3.63, 3.8) is 0 Å². The Labute approximate surface area is 122 Å². The van der Waals surface area contributed by atoms with E-state index in [1.807, 2.05) is 19.1 Å². The molecule has 2 rings (SSSR count). The van der Waals surface area contributed by atoms with Crippen LogP contribution in [0.1, 0.15) is 11.5 Å². The molecule has 0 radical (unpaired) electrons. The number of ether oxygens (including phenoxy) is 2. The zero-order valence-electron chi connectivity index (χ0n) is 11.8. The Bertz CT molecular complexity index is 634. The van der Waals surface area contributed by atoms with E-state index in [4.69, 9.17) is 13.9 Å². The molecule has 0 aliphatic heterocycles. The number of furan rings is 1. The highest BCUT2D eigenvalue weighted by Crippen LogP contribution is 2.25. The van der Waals surface area contributed by atoms with E-state index in [2.05, 4.69) is 10.5 Å². The van der Waals surface area contributed by atoms with E-state index in [-0.39, 0.29) is 12.5 Å². The summed E-state index contributed by atoms with van der Waals surface area (Å²) >= 11 is 0. The van der Waals surface area contributed by atoms with E-state index in [9.17, 15) is 4.79 Å². The second-order valence-corrected chi connectivity index (χ2v) is 4.18. The van der Waals surface area contributed by atoms with Crippen LogP contribution < -0.4 is 14.9 Å². The van der Waals surface area contributed by atoms with E-state index < -0.39 is 0 Å². The van der Waals surface area contributed by atoms with Gasteiger partial charge in [0.05, 0.1) is 13.3 Å². The van der Waals surface area contributed by atoms with Gasteiger partial charge in [-0.1, -0.05) is 12.1 Å². The molecular formula is C15H16N2O4. The van der Waals surface area contributed by atoms with Gasteiger partial charge in [-0.15, -0.1) is 0 Å². The predicted molar refractivity (Wildman–Crippen MR) is 77.7 cm³/mol. The summed E-state index contributed by atoms with van der Waals surface area (Å²) in [7, 11) is 1.54. The molecule has 110 valence electrons. The van der Waals surface area contributed by atoms with E-state index >= 15 is 0 Å². The van der Waals surface area contributed by atoms with Crippen LogP contribution in [0.2, 0.25) is 0 Å².